The number of hydrogen-bond acceptors (Lipinski definition) is 3. The smallest absolute Gasteiger partial charge is 0.0883 e. The van der Waals surface area contributed by atoms with Crippen LogP contribution >= 0.6 is 0 Å². The standard InChI is InChI=1S/C18H26N4/c1-3-10-22-18(6-9-20-22)17-5-4-16(14-19-17)13-15-7-11-21(2)12-8-15/h4-6,9,14-15H,3,7-8,10-13H2,1-2H3. The normalized spacial score (nSPS) is 17.0. The molecule has 0 aromatic carbocycles. The molecule has 3 rings (SSSR count). The van der Waals surface area contributed by atoms with Gasteiger partial charge < -0.3 is 4.90 Å². The molecular formula is C18H26N4. The zero-order valence-electron chi connectivity index (χ0n) is 13.7. The Morgan fingerprint density at radius 3 is 2.68 bits per heavy atom. The van der Waals surface area contributed by atoms with E-state index in [4.69, 9.17) is 0 Å². The fraction of sp³-hybridized carbons (Fsp3) is 0.556. The Labute approximate surface area is 133 Å². The number of hydrogen-bond donors (Lipinski definition) is 0. The highest BCUT2D eigenvalue weighted by atomic mass is 15.3. The summed E-state index contributed by atoms with van der Waals surface area (Å²) in [6.45, 7) is 5.57. The quantitative estimate of drug-likeness (QED) is 0.850. The van der Waals surface area contributed by atoms with Crippen LogP contribution in [-0.4, -0.2) is 39.8 Å². The maximum atomic E-state index is 4.67. The molecule has 3 heterocycles. The van der Waals surface area contributed by atoms with Gasteiger partial charge >= 0.3 is 0 Å². The Balaban J connectivity index is 1.66. The van der Waals surface area contributed by atoms with Gasteiger partial charge in [-0.1, -0.05) is 13.0 Å². The molecular weight excluding hydrogens is 272 g/mol. The summed E-state index contributed by atoms with van der Waals surface area (Å²) in [5, 5.41) is 4.38. The van der Waals surface area contributed by atoms with Gasteiger partial charge in [0.1, 0.15) is 0 Å². The summed E-state index contributed by atoms with van der Waals surface area (Å²) in [4.78, 5) is 7.10. The summed E-state index contributed by atoms with van der Waals surface area (Å²) in [5.74, 6) is 0.814. The van der Waals surface area contributed by atoms with Gasteiger partial charge in [0, 0.05) is 18.9 Å². The number of nitrogens with zero attached hydrogens (tertiary/aromatic N) is 4. The highest BCUT2D eigenvalue weighted by Crippen LogP contribution is 2.22. The SMILES string of the molecule is CCCn1nccc1-c1ccc(CC2CCN(C)CC2)cn1. The summed E-state index contributed by atoms with van der Waals surface area (Å²) < 4.78 is 2.04. The fourth-order valence-electron chi connectivity index (χ4n) is 3.24. The summed E-state index contributed by atoms with van der Waals surface area (Å²) in [6, 6.07) is 6.44. The van der Waals surface area contributed by atoms with Crippen molar-refractivity contribution in [2.75, 3.05) is 20.1 Å². The van der Waals surface area contributed by atoms with E-state index in [0.717, 1.165) is 36.7 Å². The topological polar surface area (TPSA) is 34.0 Å². The minimum absolute atomic E-state index is 0.814. The number of aryl methyl sites for hydroxylation is 1. The number of aromatic nitrogens is 3. The molecule has 4 nitrogen and oxygen atoms in total. The molecule has 0 spiro atoms. The van der Waals surface area contributed by atoms with Crippen molar-refractivity contribution in [3.05, 3.63) is 36.2 Å². The van der Waals surface area contributed by atoms with Gasteiger partial charge in [0.05, 0.1) is 11.4 Å². The van der Waals surface area contributed by atoms with Gasteiger partial charge in [-0.25, -0.2) is 0 Å². The lowest BCUT2D eigenvalue weighted by Crippen LogP contribution is -2.30. The lowest BCUT2D eigenvalue weighted by Gasteiger charge is -2.28. The summed E-state index contributed by atoms with van der Waals surface area (Å²) in [7, 11) is 2.21. The minimum atomic E-state index is 0.814. The van der Waals surface area contributed by atoms with Gasteiger partial charge in [0.25, 0.3) is 0 Å². The van der Waals surface area contributed by atoms with E-state index in [2.05, 4.69) is 53.3 Å². The Morgan fingerprint density at radius 1 is 1.18 bits per heavy atom. The molecule has 2 aromatic rings. The maximum Gasteiger partial charge on any atom is 0.0883 e. The van der Waals surface area contributed by atoms with Crippen LogP contribution in [0.5, 0.6) is 0 Å². The monoisotopic (exact) mass is 298 g/mol. The fourth-order valence-corrected chi connectivity index (χ4v) is 3.24. The lowest BCUT2D eigenvalue weighted by molar-refractivity contribution is 0.219. The van der Waals surface area contributed by atoms with E-state index >= 15 is 0 Å². The van der Waals surface area contributed by atoms with E-state index in [1.807, 2.05) is 10.9 Å². The second-order valence-electron chi connectivity index (χ2n) is 6.44. The Morgan fingerprint density at radius 2 is 2.00 bits per heavy atom. The van der Waals surface area contributed by atoms with Crippen molar-refractivity contribution in [1.29, 1.82) is 0 Å². The van der Waals surface area contributed by atoms with Crippen molar-refractivity contribution < 1.29 is 0 Å². The van der Waals surface area contributed by atoms with E-state index in [-0.39, 0.29) is 0 Å². The molecule has 1 aliphatic heterocycles. The summed E-state index contributed by atoms with van der Waals surface area (Å²) in [5.41, 5.74) is 3.51. The van der Waals surface area contributed by atoms with Crippen LogP contribution < -0.4 is 0 Å². The molecule has 0 bridgehead atoms. The van der Waals surface area contributed by atoms with E-state index in [1.54, 1.807) is 0 Å². The zero-order chi connectivity index (χ0) is 15.4. The predicted octanol–water partition coefficient (Wildman–Crippen LogP) is 3.24. The zero-order valence-corrected chi connectivity index (χ0v) is 13.7. The first-order valence-electron chi connectivity index (χ1n) is 8.42. The van der Waals surface area contributed by atoms with Crippen LogP contribution in [0.3, 0.4) is 0 Å². The van der Waals surface area contributed by atoms with E-state index in [0.29, 0.717) is 0 Å². The molecule has 0 unspecified atom stereocenters. The molecule has 1 saturated heterocycles. The van der Waals surface area contributed by atoms with Gasteiger partial charge in [-0.2, -0.15) is 5.10 Å². The molecule has 22 heavy (non-hydrogen) atoms. The third-order valence-corrected chi connectivity index (χ3v) is 4.60. The Hall–Kier alpha value is -1.68. The molecule has 0 amide bonds. The average molecular weight is 298 g/mol. The molecule has 0 aliphatic carbocycles. The second-order valence-corrected chi connectivity index (χ2v) is 6.44. The molecule has 0 N–H and O–H groups in total. The molecule has 4 heteroatoms. The molecule has 118 valence electrons. The van der Waals surface area contributed by atoms with Crippen LogP contribution in [0.2, 0.25) is 0 Å². The van der Waals surface area contributed by atoms with Crippen molar-refractivity contribution in [2.24, 2.45) is 5.92 Å². The number of piperidine rings is 1. The number of likely N-dealkylation sites (tertiary alicyclic amines) is 1. The van der Waals surface area contributed by atoms with Crippen LogP contribution in [0.1, 0.15) is 31.7 Å². The molecule has 0 saturated carbocycles. The predicted molar refractivity (Wildman–Crippen MR) is 89.7 cm³/mol. The van der Waals surface area contributed by atoms with E-state index in [1.165, 1.54) is 31.5 Å². The van der Waals surface area contributed by atoms with E-state index < -0.39 is 0 Å². The Bertz CT molecular complexity index is 579. The van der Waals surface area contributed by atoms with Crippen LogP contribution in [0.4, 0.5) is 0 Å². The molecule has 0 radical (unpaired) electrons. The lowest BCUT2D eigenvalue weighted by atomic mass is 9.91. The van der Waals surface area contributed by atoms with Crippen LogP contribution in [0.15, 0.2) is 30.6 Å². The van der Waals surface area contributed by atoms with Crippen LogP contribution in [0, 0.1) is 5.92 Å². The minimum Gasteiger partial charge on any atom is -0.306 e. The first kappa shape index (κ1) is 15.2. The molecule has 0 atom stereocenters. The van der Waals surface area contributed by atoms with E-state index in [9.17, 15) is 0 Å². The second kappa shape index (κ2) is 7.05. The molecule has 1 aliphatic rings. The van der Waals surface area contributed by atoms with Gasteiger partial charge in [-0.3, -0.25) is 9.67 Å². The number of pyridine rings is 1. The summed E-state index contributed by atoms with van der Waals surface area (Å²) in [6.07, 6.45) is 8.78. The Kier molecular flexibility index (Phi) is 4.88. The highest BCUT2D eigenvalue weighted by Gasteiger charge is 2.17. The largest absolute Gasteiger partial charge is 0.306 e. The van der Waals surface area contributed by atoms with Gasteiger partial charge in [-0.05, 0) is 69.4 Å². The van der Waals surface area contributed by atoms with Gasteiger partial charge in [0.2, 0.25) is 0 Å². The maximum absolute atomic E-state index is 4.67. The molecule has 1 fully saturated rings. The number of rotatable bonds is 5. The first-order chi connectivity index (χ1) is 10.8. The van der Waals surface area contributed by atoms with Crippen molar-refractivity contribution in [3.8, 4) is 11.4 Å². The third-order valence-electron chi connectivity index (χ3n) is 4.60. The third kappa shape index (κ3) is 3.55. The van der Waals surface area contributed by atoms with Crippen molar-refractivity contribution in [2.45, 2.75) is 39.2 Å². The summed E-state index contributed by atoms with van der Waals surface area (Å²) >= 11 is 0. The van der Waals surface area contributed by atoms with Crippen LogP contribution in [0.25, 0.3) is 11.4 Å². The van der Waals surface area contributed by atoms with Crippen molar-refractivity contribution >= 4 is 0 Å². The van der Waals surface area contributed by atoms with Crippen LogP contribution in [-0.2, 0) is 13.0 Å². The average Bonchev–Trinajstić information content (AvgIpc) is 2.99. The van der Waals surface area contributed by atoms with Gasteiger partial charge in [-0.15, -0.1) is 0 Å². The first-order valence-corrected chi connectivity index (χ1v) is 8.42. The van der Waals surface area contributed by atoms with Gasteiger partial charge in [0.15, 0.2) is 0 Å². The van der Waals surface area contributed by atoms with Crippen molar-refractivity contribution in [3.63, 3.8) is 0 Å². The van der Waals surface area contributed by atoms with Crippen molar-refractivity contribution in [1.82, 2.24) is 19.7 Å². The highest BCUT2D eigenvalue weighted by molar-refractivity contribution is 5.54. The molecule has 2 aromatic heterocycles.